The van der Waals surface area contributed by atoms with Gasteiger partial charge in [-0.15, -0.1) is 0 Å². The van der Waals surface area contributed by atoms with Crippen molar-refractivity contribution in [1.82, 2.24) is 4.90 Å². The summed E-state index contributed by atoms with van der Waals surface area (Å²) in [5.74, 6) is -1.92. The number of benzene rings is 1. The molecule has 116 valence electrons. The van der Waals surface area contributed by atoms with Gasteiger partial charge in [0.2, 0.25) is 5.67 Å². The van der Waals surface area contributed by atoms with Crippen molar-refractivity contribution in [3.05, 3.63) is 23.8 Å². The molecule has 1 saturated heterocycles. The molecule has 2 aliphatic heterocycles. The number of fused-ring (bicyclic) bond motifs is 1. The quantitative estimate of drug-likeness (QED) is 0.836. The molecule has 7 nitrogen and oxygen atoms in total. The average molecular weight is 308 g/mol. The van der Waals surface area contributed by atoms with Crippen LogP contribution in [0.5, 0.6) is 5.75 Å². The first kappa shape index (κ1) is 14.3. The number of likely N-dealkylation sites (tertiary alicyclic amines) is 1. The summed E-state index contributed by atoms with van der Waals surface area (Å²) in [6.07, 6.45) is -0.237. The second kappa shape index (κ2) is 4.97. The molecule has 2 aliphatic rings. The van der Waals surface area contributed by atoms with E-state index in [-0.39, 0.29) is 31.0 Å². The summed E-state index contributed by atoms with van der Waals surface area (Å²) in [6.45, 7) is -0.544. The average Bonchev–Trinajstić information content (AvgIpc) is 2.89. The molecule has 0 radical (unpaired) electrons. The van der Waals surface area contributed by atoms with Crippen molar-refractivity contribution in [3.63, 3.8) is 0 Å². The monoisotopic (exact) mass is 308 g/mol. The van der Waals surface area contributed by atoms with Gasteiger partial charge in [0.05, 0.1) is 12.2 Å². The number of carboxylic acid groups (broad SMARTS) is 1. The third-order valence-electron chi connectivity index (χ3n) is 3.75. The second-order valence-electron chi connectivity index (χ2n) is 5.29. The molecule has 0 aliphatic carbocycles. The molecule has 0 aromatic heterocycles. The third-order valence-corrected chi connectivity index (χ3v) is 3.75. The van der Waals surface area contributed by atoms with E-state index in [2.05, 4.69) is 5.32 Å². The maximum absolute atomic E-state index is 14.0. The van der Waals surface area contributed by atoms with Gasteiger partial charge in [0.1, 0.15) is 5.75 Å². The fourth-order valence-electron chi connectivity index (χ4n) is 2.52. The summed E-state index contributed by atoms with van der Waals surface area (Å²) in [5.41, 5.74) is -1.80. The van der Waals surface area contributed by atoms with Crippen molar-refractivity contribution in [2.24, 2.45) is 0 Å². The Labute approximate surface area is 124 Å². The zero-order valence-electron chi connectivity index (χ0n) is 11.5. The zero-order chi connectivity index (χ0) is 15.9. The molecule has 0 spiro atoms. The number of ether oxygens (including phenoxy) is 1. The predicted octanol–water partition coefficient (Wildman–Crippen LogP) is 0.656. The number of carbonyl (C=O) groups is 3. The van der Waals surface area contributed by atoms with E-state index in [1.54, 1.807) is 0 Å². The number of aliphatic carboxylic acids is 1. The minimum Gasteiger partial charge on any atom is -0.482 e. The maximum atomic E-state index is 14.0. The van der Waals surface area contributed by atoms with Gasteiger partial charge >= 0.3 is 5.97 Å². The van der Waals surface area contributed by atoms with Gasteiger partial charge < -0.3 is 20.1 Å². The molecule has 3 rings (SSSR count). The Bertz CT molecular complexity index is 677. The highest BCUT2D eigenvalue weighted by atomic mass is 19.1. The van der Waals surface area contributed by atoms with E-state index in [1.165, 1.54) is 18.2 Å². The molecule has 0 saturated carbocycles. The van der Waals surface area contributed by atoms with Crippen LogP contribution in [0.3, 0.4) is 0 Å². The number of halogens is 1. The van der Waals surface area contributed by atoms with E-state index in [4.69, 9.17) is 9.84 Å². The van der Waals surface area contributed by atoms with Crippen molar-refractivity contribution in [2.75, 3.05) is 25.0 Å². The van der Waals surface area contributed by atoms with Crippen LogP contribution < -0.4 is 10.1 Å². The third kappa shape index (κ3) is 2.36. The maximum Gasteiger partial charge on any atom is 0.343 e. The fourth-order valence-corrected chi connectivity index (χ4v) is 2.52. The van der Waals surface area contributed by atoms with Crippen LogP contribution in [0, 0.1) is 0 Å². The Morgan fingerprint density at radius 2 is 2.18 bits per heavy atom. The van der Waals surface area contributed by atoms with Gasteiger partial charge in [0, 0.05) is 18.5 Å². The summed E-state index contributed by atoms with van der Waals surface area (Å²) in [7, 11) is 0. The van der Waals surface area contributed by atoms with Crippen LogP contribution in [-0.4, -0.2) is 53.2 Å². The topological polar surface area (TPSA) is 95.9 Å². The lowest BCUT2D eigenvalue weighted by atomic mass is 10.1. The Hall–Kier alpha value is -2.64. The number of nitrogens with zero attached hydrogens (tertiary/aromatic N) is 1. The first-order chi connectivity index (χ1) is 10.4. The van der Waals surface area contributed by atoms with Crippen LogP contribution in [0.15, 0.2) is 18.2 Å². The molecule has 1 aromatic carbocycles. The van der Waals surface area contributed by atoms with Gasteiger partial charge in [0.15, 0.2) is 6.61 Å². The van der Waals surface area contributed by atoms with Crippen LogP contribution in [0.4, 0.5) is 10.1 Å². The van der Waals surface area contributed by atoms with Crippen molar-refractivity contribution >= 4 is 23.5 Å². The number of amides is 2. The Morgan fingerprint density at radius 1 is 1.41 bits per heavy atom. The normalized spacial score (nSPS) is 23.5. The molecule has 2 N–H and O–H groups in total. The molecular formula is C14H13FN2O5. The van der Waals surface area contributed by atoms with Crippen molar-refractivity contribution in [1.29, 1.82) is 0 Å². The van der Waals surface area contributed by atoms with Gasteiger partial charge in [-0.3, -0.25) is 9.59 Å². The highest BCUT2D eigenvalue weighted by Gasteiger charge is 2.47. The molecule has 1 atom stereocenters. The molecule has 1 fully saturated rings. The first-order valence-corrected chi connectivity index (χ1v) is 6.67. The number of rotatable bonds is 2. The summed E-state index contributed by atoms with van der Waals surface area (Å²) in [4.78, 5) is 35.6. The Morgan fingerprint density at radius 3 is 2.86 bits per heavy atom. The van der Waals surface area contributed by atoms with Crippen molar-refractivity contribution < 1.29 is 28.6 Å². The van der Waals surface area contributed by atoms with E-state index in [0.717, 1.165) is 4.90 Å². The van der Waals surface area contributed by atoms with E-state index in [1.807, 2.05) is 0 Å². The van der Waals surface area contributed by atoms with Crippen LogP contribution in [0.25, 0.3) is 0 Å². The summed E-state index contributed by atoms with van der Waals surface area (Å²) in [5, 5.41) is 11.4. The lowest BCUT2D eigenvalue weighted by molar-refractivity contribution is -0.149. The van der Waals surface area contributed by atoms with Crippen LogP contribution in [0.2, 0.25) is 0 Å². The van der Waals surface area contributed by atoms with Gasteiger partial charge in [-0.25, -0.2) is 9.18 Å². The largest absolute Gasteiger partial charge is 0.482 e. The van der Waals surface area contributed by atoms with Gasteiger partial charge in [-0.1, -0.05) is 0 Å². The smallest absolute Gasteiger partial charge is 0.343 e. The highest BCUT2D eigenvalue weighted by Crippen LogP contribution is 2.31. The number of anilines is 1. The number of carboxylic acids is 1. The lowest BCUT2D eigenvalue weighted by Crippen LogP contribution is -2.39. The molecule has 0 bridgehead atoms. The minimum absolute atomic E-state index is 0.0293. The SMILES string of the molecule is O=C1COc2ccc(C(=O)N3CCC(F)(C(=O)O)C3)cc2N1. The molecule has 1 aromatic rings. The van der Waals surface area contributed by atoms with E-state index < -0.39 is 24.1 Å². The van der Waals surface area contributed by atoms with Crippen LogP contribution >= 0.6 is 0 Å². The first-order valence-electron chi connectivity index (χ1n) is 6.67. The fraction of sp³-hybridized carbons (Fsp3) is 0.357. The van der Waals surface area contributed by atoms with Crippen LogP contribution in [0.1, 0.15) is 16.8 Å². The number of hydrogen-bond donors (Lipinski definition) is 2. The molecule has 2 heterocycles. The number of nitrogens with one attached hydrogen (secondary N) is 1. The van der Waals surface area contributed by atoms with E-state index >= 15 is 0 Å². The second-order valence-corrected chi connectivity index (χ2v) is 5.29. The summed E-state index contributed by atoms with van der Waals surface area (Å²) >= 11 is 0. The van der Waals surface area contributed by atoms with Gasteiger partial charge in [-0.2, -0.15) is 0 Å². The van der Waals surface area contributed by atoms with Crippen LogP contribution in [-0.2, 0) is 9.59 Å². The van der Waals surface area contributed by atoms with Crippen molar-refractivity contribution in [2.45, 2.75) is 12.1 Å². The zero-order valence-corrected chi connectivity index (χ0v) is 11.5. The van der Waals surface area contributed by atoms with Crippen molar-refractivity contribution in [3.8, 4) is 5.75 Å². The molecule has 1 unspecified atom stereocenters. The van der Waals surface area contributed by atoms with E-state index in [0.29, 0.717) is 11.4 Å². The molecular weight excluding hydrogens is 295 g/mol. The summed E-state index contributed by atoms with van der Waals surface area (Å²) < 4.78 is 19.2. The number of carbonyl (C=O) groups excluding carboxylic acids is 2. The van der Waals surface area contributed by atoms with Gasteiger partial charge in [0.25, 0.3) is 11.8 Å². The predicted molar refractivity (Wildman–Crippen MR) is 72.6 cm³/mol. The lowest BCUT2D eigenvalue weighted by Gasteiger charge is -2.21. The Balaban J connectivity index is 1.80. The number of hydrogen-bond acceptors (Lipinski definition) is 4. The summed E-state index contributed by atoms with van der Waals surface area (Å²) in [6, 6.07) is 4.48. The van der Waals surface area contributed by atoms with Gasteiger partial charge in [-0.05, 0) is 18.2 Å². The van der Waals surface area contributed by atoms with E-state index in [9.17, 15) is 18.8 Å². The molecule has 22 heavy (non-hydrogen) atoms. The minimum atomic E-state index is -2.40. The Kier molecular flexibility index (Phi) is 3.23. The molecule has 8 heteroatoms. The molecule has 2 amide bonds. The highest BCUT2D eigenvalue weighted by molar-refractivity contribution is 6.00. The standard InChI is InChI=1S/C14H13FN2O5/c15-14(13(20)21)3-4-17(7-14)12(19)8-1-2-10-9(5-8)16-11(18)6-22-10/h1-2,5H,3-4,6-7H2,(H,16,18)(H,20,21). The number of alkyl halides is 1.